The Balaban J connectivity index is 1.64. The number of amides is 4. The average molecular weight is 398 g/mol. The Kier molecular flexibility index (Phi) is 6.20. The largest absolute Gasteiger partial charge is 0.336 e. The van der Waals surface area contributed by atoms with E-state index in [0.717, 1.165) is 10.6 Å². The summed E-state index contributed by atoms with van der Waals surface area (Å²) in [5, 5.41) is 10.6. The number of rotatable bonds is 5. The Bertz CT molecular complexity index is 901. The number of urea groups is 1. The molecular formula is C20H22N4O3S. The van der Waals surface area contributed by atoms with E-state index in [4.69, 9.17) is 0 Å². The summed E-state index contributed by atoms with van der Waals surface area (Å²) in [5.74, 6) is -0.493. The van der Waals surface area contributed by atoms with E-state index in [1.54, 1.807) is 24.3 Å². The third kappa shape index (κ3) is 5.04. The molecule has 8 heteroatoms. The smallest absolute Gasteiger partial charge is 0.319 e. The average Bonchev–Trinajstić information content (AvgIpc) is 2.63. The minimum absolute atomic E-state index is 0.00790. The molecule has 1 heterocycles. The Morgan fingerprint density at radius 3 is 2.39 bits per heavy atom. The summed E-state index contributed by atoms with van der Waals surface area (Å²) in [4.78, 5) is 37.7. The maximum Gasteiger partial charge on any atom is 0.319 e. The van der Waals surface area contributed by atoms with E-state index < -0.39 is 5.25 Å². The molecule has 0 saturated carbocycles. The molecule has 2 aromatic rings. The summed E-state index contributed by atoms with van der Waals surface area (Å²) < 4.78 is 0. The number of para-hydroxylation sites is 3. The van der Waals surface area contributed by atoms with Gasteiger partial charge >= 0.3 is 6.03 Å². The van der Waals surface area contributed by atoms with Gasteiger partial charge in [-0.1, -0.05) is 24.3 Å². The highest BCUT2D eigenvalue weighted by molar-refractivity contribution is 8.01. The van der Waals surface area contributed by atoms with Crippen LogP contribution in [-0.2, 0) is 9.59 Å². The van der Waals surface area contributed by atoms with E-state index in [0.29, 0.717) is 11.4 Å². The van der Waals surface area contributed by atoms with Crippen LogP contribution in [0.4, 0.5) is 21.9 Å². The Morgan fingerprint density at radius 2 is 1.68 bits per heavy atom. The molecule has 1 atom stereocenters. The van der Waals surface area contributed by atoms with Crippen molar-refractivity contribution in [3.8, 4) is 0 Å². The van der Waals surface area contributed by atoms with Gasteiger partial charge in [0.1, 0.15) is 0 Å². The second-order valence-electron chi connectivity index (χ2n) is 6.64. The van der Waals surface area contributed by atoms with Gasteiger partial charge < -0.3 is 21.3 Å². The van der Waals surface area contributed by atoms with Gasteiger partial charge in [-0.15, -0.1) is 11.8 Å². The molecule has 7 nitrogen and oxygen atoms in total. The molecule has 0 aliphatic carbocycles. The lowest BCUT2D eigenvalue weighted by molar-refractivity contribution is -0.120. The Morgan fingerprint density at radius 1 is 1.04 bits per heavy atom. The second kappa shape index (κ2) is 8.79. The molecule has 3 rings (SSSR count). The van der Waals surface area contributed by atoms with Gasteiger partial charge in [0.2, 0.25) is 11.8 Å². The van der Waals surface area contributed by atoms with Crippen LogP contribution < -0.4 is 21.3 Å². The van der Waals surface area contributed by atoms with Crippen LogP contribution in [0.3, 0.4) is 0 Å². The SMILES string of the molecule is CC(C)NC(=O)Nc1ccccc1NC(=O)CC1Sc2ccccc2NC1=O. The molecule has 146 valence electrons. The molecule has 1 aliphatic rings. The molecule has 0 saturated heterocycles. The topological polar surface area (TPSA) is 99.3 Å². The van der Waals surface area contributed by atoms with E-state index in [1.807, 2.05) is 38.1 Å². The minimum atomic E-state index is -0.515. The van der Waals surface area contributed by atoms with Gasteiger partial charge in [0.25, 0.3) is 0 Å². The number of hydrogen-bond acceptors (Lipinski definition) is 4. The number of carbonyl (C=O) groups is 3. The summed E-state index contributed by atoms with van der Waals surface area (Å²) in [6.07, 6.45) is 0.0252. The van der Waals surface area contributed by atoms with Crippen LogP contribution in [0.15, 0.2) is 53.4 Å². The third-order valence-corrected chi connectivity index (χ3v) is 5.22. The molecule has 0 aromatic heterocycles. The molecule has 0 bridgehead atoms. The number of carbonyl (C=O) groups excluding carboxylic acids is 3. The second-order valence-corrected chi connectivity index (χ2v) is 7.89. The van der Waals surface area contributed by atoms with Crippen LogP contribution in [-0.4, -0.2) is 29.1 Å². The number of nitrogens with one attached hydrogen (secondary N) is 4. The predicted octanol–water partition coefficient (Wildman–Crippen LogP) is 3.66. The number of fused-ring (bicyclic) bond motifs is 1. The Labute approximate surface area is 167 Å². The van der Waals surface area contributed by atoms with Crippen LogP contribution >= 0.6 is 11.8 Å². The molecule has 28 heavy (non-hydrogen) atoms. The fourth-order valence-corrected chi connectivity index (χ4v) is 3.83. The molecule has 0 fully saturated rings. The predicted molar refractivity (Wildman–Crippen MR) is 112 cm³/mol. The fraction of sp³-hybridized carbons (Fsp3) is 0.250. The monoisotopic (exact) mass is 398 g/mol. The maximum absolute atomic E-state index is 12.5. The summed E-state index contributed by atoms with van der Waals surface area (Å²) in [6.45, 7) is 3.72. The van der Waals surface area contributed by atoms with Gasteiger partial charge in [0.05, 0.1) is 22.3 Å². The molecule has 0 spiro atoms. The van der Waals surface area contributed by atoms with Crippen molar-refractivity contribution in [3.05, 3.63) is 48.5 Å². The number of anilines is 3. The highest BCUT2D eigenvalue weighted by Gasteiger charge is 2.29. The lowest BCUT2D eigenvalue weighted by atomic mass is 10.2. The van der Waals surface area contributed by atoms with Crippen molar-refractivity contribution in [3.63, 3.8) is 0 Å². The van der Waals surface area contributed by atoms with E-state index in [9.17, 15) is 14.4 Å². The van der Waals surface area contributed by atoms with E-state index >= 15 is 0 Å². The van der Waals surface area contributed by atoms with Crippen molar-refractivity contribution in [2.24, 2.45) is 0 Å². The normalized spacial score (nSPS) is 15.4. The van der Waals surface area contributed by atoms with Gasteiger partial charge in [0, 0.05) is 17.4 Å². The quantitative estimate of drug-likeness (QED) is 0.618. The van der Waals surface area contributed by atoms with Crippen molar-refractivity contribution >= 4 is 46.7 Å². The molecule has 4 amide bonds. The van der Waals surface area contributed by atoms with Crippen LogP contribution in [0.1, 0.15) is 20.3 Å². The summed E-state index contributed by atoms with van der Waals surface area (Å²) in [7, 11) is 0. The van der Waals surface area contributed by atoms with Crippen LogP contribution in [0, 0.1) is 0 Å². The first kappa shape index (κ1) is 19.8. The van der Waals surface area contributed by atoms with E-state index in [-0.39, 0.29) is 30.3 Å². The first-order valence-corrected chi connectivity index (χ1v) is 9.83. The van der Waals surface area contributed by atoms with Crippen molar-refractivity contribution in [2.75, 3.05) is 16.0 Å². The van der Waals surface area contributed by atoms with Gasteiger partial charge in [-0.25, -0.2) is 4.79 Å². The molecule has 1 unspecified atom stereocenters. The van der Waals surface area contributed by atoms with Crippen molar-refractivity contribution in [1.82, 2.24) is 5.32 Å². The van der Waals surface area contributed by atoms with Crippen LogP contribution in [0.5, 0.6) is 0 Å². The molecule has 4 N–H and O–H groups in total. The minimum Gasteiger partial charge on any atom is -0.336 e. The highest BCUT2D eigenvalue weighted by atomic mass is 32.2. The number of hydrogen-bond donors (Lipinski definition) is 4. The summed E-state index contributed by atoms with van der Waals surface area (Å²) in [6, 6.07) is 14.1. The van der Waals surface area contributed by atoms with Crippen molar-refractivity contribution in [2.45, 2.75) is 36.5 Å². The van der Waals surface area contributed by atoms with Gasteiger partial charge in [-0.3, -0.25) is 9.59 Å². The van der Waals surface area contributed by atoms with Crippen molar-refractivity contribution in [1.29, 1.82) is 0 Å². The zero-order valence-corrected chi connectivity index (χ0v) is 16.4. The van der Waals surface area contributed by atoms with Gasteiger partial charge in [-0.05, 0) is 38.1 Å². The Hall–Kier alpha value is -3.00. The highest BCUT2D eigenvalue weighted by Crippen LogP contribution is 2.36. The maximum atomic E-state index is 12.5. The lowest BCUT2D eigenvalue weighted by Gasteiger charge is -2.23. The first-order chi connectivity index (χ1) is 13.4. The lowest BCUT2D eigenvalue weighted by Crippen LogP contribution is -2.34. The van der Waals surface area contributed by atoms with Crippen molar-refractivity contribution < 1.29 is 14.4 Å². The standard InChI is InChI=1S/C20H22N4O3S/c1-12(2)21-20(27)24-14-8-4-3-7-13(14)22-18(25)11-17-19(26)23-15-9-5-6-10-16(15)28-17/h3-10,12,17H,11H2,1-2H3,(H,22,25)(H,23,26)(H2,21,24,27). The number of benzene rings is 2. The zero-order valence-electron chi connectivity index (χ0n) is 15.6. The third-order valence-electron chi connectivity index (χ3n) is 3.95. The zero-order chi connectivity index (χ0) is 20.1. The summed E-state index contributed by atoms with van der Waals surface area (Å²) >= 11 is 1.37. The molecule has 1 aliphatic heterocycles. The van der Waals surface area contributed by atoms with Gasteiger partial charge in [-0.2, -0.15) is 0 Å². The van der Waals surface area contributed by atoms with E-state index in [2.05, 4.69) is 21.3 Å². The fourth-order valence-electron chi connectivity index (χ4n) is 2.72. The van der Waals surface area contributed by atoms with Crippen LogP contribution in [0.25, 0.3) is 0 Å². The first-order valence-electron chi connectivity index (χ1n) is 8.95. The molecule has 2 aromatic carbocycles. The molecule has 0 radical (unpaired) electrons. The summed E-state index contributed by atoms with van der Waals surface area (Å²) in [5.41, 5.74) is 1.73. The molecular weight excluding hydrogens is 376 g/mol. The van der Waals surface area contributed by atoms with Gasteiger partial charge in [0.15, 0.2) is 0 Å². The number of thioether (sulfide) groups is 1. The van der Waals surface area contributed by atoms with Crippen LogP contribution in [0.2, 0.25) is 0 Å². The van der Waals surface area contributed by atoms with E-state index in [1.165, 1.54) is 11.8 Å².